The number of aromatic nitrogens is 2. The summed E-state index contributed by atoms with van der Waals surface area (Å²) in [5.41, 5.74) is 0.953. The van der Waals surface area contributed by atoms with E-state index in [1.54, 1.807) is 12.1 Å². The normalized spacial score (nSPS) is 11.1. The van der Waals surface area contributed by atoms with Crippen molar-refractivity contribution in [3.63, 3.8) is 0 Å². The Hall–Kier alpha value is -1.86. The molecular formula is C14H17N3O3S. The fourth-order valence-corrected chi connectivity index (χ4v) is 3.14. The number of hydrogen-bond acceptors (Lipinski definition) is 5. The molecule has 7 heteroatoms. The Balaban J connectivity index is 2.41. The lowest BCUT2D eigenvalue weighted by Crippen LogP contribution is -1.98. The van der Waals surface area contributed by atoms with Crippen LogP contribution in [0.4, 0.5) is 5.69 Å². The number of aliphatic hydroxyl groups is 1. The Bertz CT molecular complexity index is 667. The Morgan fingerprint density at radius 1 is 1.48 bits per heavy atom. The van der Waals surface area contributed by atoms with Crippen molar-refractivity contribution in [1.29, 1.82) is 0 Å². The summed E-state index contributed by atoms with van der Waals surface area (Å²) < 4.78 is 1.83. The van der Waals surface area contributed by atoms with Crippen molar-refractivity contribution >= 4 is 17.4 Å². The third-order valence-corrected chi connectivity index (χ3v) is 4.26. The van der Waals surface area contributed by atoms with E-state index < -0.39 is 4.92 Å². The quantitative estimate of drug-likeness (QED) is 0.678. The molecule has 0 saturated heterocycles. The fourth-order valence-electron chi connectivity index (χ4n) is 1.96. The Morgan fingerprint density at radius 2 is 2.19 bits per heavy atom. The maximum absolute atomic E-state index is 10.8. The smallest absolute Gasteiger partial charge is 0.270 e. The van der Waals surface area contributed by atoms with E-state index in [-0.39, 0.29) is 18.2 Å². The van der Waals surface area contributed by atoms with E-state index in [4.69, 9.17) is 0 Å². The number of nitro benzene ring substituents is 1. The minimum Gasteiger partial charge on any atom is -0.388 e. The van der Waals surface area contributed by atoms with Crippen molar-refractivity contribution in [1.82, 2.24) is 9.55 Å². The number of benzene rings is 1. The third-order valence-electron chi connectivity index (χ3n) is 3.09. The van der Waals surface area contributed by atoms with Gasteiger partial charge in [0.25, 0.3) is 5.69 Å². The predicted molar refractivity (Wildman–Crippen MR) is 80.4 cm³/mol. The maximum Gasteiger partial charge on any atom is 0.270 e. The monoisotopic (exact) mass is 307 g/mol. The number of nitro groups is 1. The second-order valence-electron chi connectivity index (χ2n) is 4.95. The van der Waals surface area contributed by atoms with E-state index in [2.05, 4.69) is 4.98 Å². The van der Waals surface area contributed by atoms with Crippen molar-refractivity contribution < 1.29 is 10.0 Å². The van der Waals surface area contributed by atoms with E-state index >= 15 is 0 Å². The summed E-state index contributed by atoms with van der Waals surface area (Å²) in [6, 6.07) is 6.50. The zero-order valence-electron chi connectivity index (χ0n) is 12.1. The fraction of sp³-hybridized carbons (Fsp3) is 0.357. The van der Waals surface area contributed by atoms with Crippen LogP contribution in [0.1, 0.15) is 31.3 Å². The molecule has 0 fully saturated rings. The predicted octanol–water partition coefficient (Wildman–Crippen LogP) is 3.10. The molecule has 2 rings (SSSR count). The van der Waals surface area contributed by atoms with E-state index in [0.717, 1.165) is 15.6 Å². The highest BCUT2D eigenvalue weighted by atomic mass is 32.2. The van der Waals surface area contributed by atoms with Gasteiger partial charge in [-0.2, -0.15) is 0 Å². The van der Waals surface area contributed by atoms with Gasteiger partial charge in [-0.25, -0.2) is 4.98 Å². The van der Waals surface area contributed by atoms with E-state index in [1.165, 1.54) is 17.8 Å². The van der Waals surface area contributed by atoms with Crippen LogP contribution in [-0.4, -0.2) is 19.6 Å². The number of rotatable bonds is 5. The number of imidazole rings is 1. The molecule has 1 heterocycles. The van der Waals surface area contributed by atoms with E-state index in [1.807, 2.05) is 31.5 Å². The summed E-state index contributed by atoms with van der Waals surface area (Å²) in [4.78, 5) is 15.7. The summed E-state index contributed by atoms with van der Waals surface area (Å²) in [7, 11) is 1.84. The van der Waals surface area contributed by atoms with Crippen molar-refractivity contribution in [2.45, 2.75) is 36.3 Å². The summed E-state index contributed by atoms with van der Waals surface area (Å²) in [6.45, 7) is 3.92. The van der Waals surface area contributed by atoms with Gasteiger partial charge in [-0.1, -0.05) is 31.7 Å². The zero-order chi connectivity index (χ0) is 15.6. The molecule has 2 aromatic rings. The first-order valence-corrected chi connectivity index (χ1v) is 7.34. The summed E-state index contributed by atoms with van der Waals surface area (Å²) >= 11 is 1.42. The van der Waals surface area contributed by atoms with Crippen LogP contribution in [0.2, 0.25) is 0 Å². The van der Waals surface area contributed by atoms with Crippen molar-refractivity contribution in [2.75, 3.05) is 0 Å². The van der Waals surface area contributed by atoms with Gasteiger partial charge >= 0.3 is 0 Å². The molecular weight excluding hydrogens is 290 g/mol. The van der Waals surface area contributed by atoms with Crippen LogP contribution in [0, 0.1) is 10.1 Å². The molecule has 0 aliphatic carbocycles. The SMILES string of the molecule is CC(C)c1nc(CO)n(C)c1Sc1cccc([N+](=O)[O-])c1. The second kappa shape index (κ2) is 6.28. The van der Waals surface area contributed by atoms with Gasteiger partial charge in [0.05, 0.1) is 10.6 Å². The van der Waals surface area contributed by atoms with Crippen LogP contribution < -0.4 is 0 Å². The lowest BCUT2D eigenvalue weighted by molar-refractivity contribution is -0.385. The summed E-state index contributed by atoms with van der Waals surface area (Å²) in [5, 5.41) is 21.1. The Labute approximate surface area is 127 Å². The summed E-state index contributed by atoms with van der Waals surface area (Å²) in [6.07, 6.45) is 0. The Morgan fingerprint density at radius 3 is 2.76 bits per heavy atom. The minimum absolute atomic E-state index is 0.0654. The zero-order valence-corrected chi connectivity index (χ0v) is 12.9. The van der Waals surface area contributed by atoms with Crippen molar-refractivity contribution in [3.8, 4) is 0 Å². The molecule has 1 N–H and O–H groups in total. The topological polar surface area (TPSA) is 81.2 Å². The van der Waals surface area contributed by atoms with Crippen LogP contribution in [0.25, 0.3) is 0 Å². The maximum atomic E-state index is 10.8. The number of hydrogen-bond donors (Lipinski definition) is 1. The van der Waals surface area contributed by atoms with Gasteiger partial charge in [0, 0.05) is 24.1 Å². The molecule has 6 nitrogen and oxygen atoms in total. The first kappa shape index (κ1) is 15.5. The van der Waals surface area contributed by atoms with Gasteiger partial charge in [0.15, 0.2) is 0 Å². The minimum atomic E-state index is -0.407. The van der Waals surface area contributed by atoms with E-state index in [9.17, 15) is 15.2 Å². The Kier molecular flexibility index (Phi) is 4.64. The molecule has 0 radical (unpaired) electrons. The molecule has 0 atom stereocenters. The molecule has 0 unspecified atom stereocenters. The molecule has 0 saturated carbocycles. The largest absolute Gasteiger partial charge is 0.388 e. The van der Waals surface area contributed by atoms with Gasteiger partial charge in [0.2, 0.25) is 0 Å². The van der Waals surface area contributed by atoms with Crippen molar-refractivity contribution in [3.05, 3.63) is 45.9 Å². The van der Waals surface area contributed by atoms with Crippen LogP contribution >= 0.6 is 11.8 Å². The molecule has 0 spiro atoms. The van der Waals surface area contributed by atoms with Gasteiger partial charge in [0.1, 0.15) is 17.5 Å². The summed E-state index contributed by atoms with van der Waals surface area (Å²) in [5.74, 6) is 0.796. The van der Waals surface area contributed by atoms with Crippen LogP contribution in [0.15, 0.2) is 34.2 Å². The molecule has 0 amide bonds. The lowest BCUT2D eigenvalue weighted by atomic mass is 10.2. The third kappa shape index (κ3) is 3.25. The highest BCUT2D eigenvalue weighted by Crippen LogP contribution is 2.35. The van der Waals surface area contributed by atoms with Crippen LogP contribution in [-0.2, 0) is 13.7 Å². The highest BCUT2D eigenvalue weighted by molar-refractivity contribution is 7.99. The number of aliphatic hydroxyl groups excluding tert-OH is 1. The lowest BCUT2D eigenvalue weighted by Gasteiger charge is -2.08. The van der Waals surface area contributed by atoms with Gasteiger partial charge < -0.3 is 9.67 Å². The molecule has 1 aromatic carbocycles. The second-order valence-corrected chi connectivity index (χ2v) is 6.01. The van der Waals surface area contributed by atoms with Crippen molar-refractivity contribution in [2.24, 2.45) is 7.05 Å². The molecule has 0 bridgehead atoms. The van der Waals surface area contributed by atoms with Gasteiger partial charge in [-0.05, 0) is 12.0 Å². The molecule has 1 aromatic heterocycles. The molecule has 0 aliphatic heterocycles. The van der Waals surface area contributed by atoms with Crippen LogP contribution in [0.5, 0.6) is 0 Å². The van der Waals surface area contributed by atoms with Gasteiger partial charge in [-0.3, -0.25) is 10.1 Å². The standard InChI is InChI=1S/C14H17N3O3S/c1-9(2)13-14(16(3)12(8-18)15-13)21-11-6-4-5-10(7-11)17(19)20/h4-7,9,18H,8H2,1-3H3. The average molecular weight is 307 g/mol. The number of non-ortho nitro benzene ring substituents is 1. The average Bonchev–Trinajstić information content (AvgIpc) is 2.76. The molecule has 21 heavy (non-hydrogen) atoms. The molecule has 0 aliphatic rings. The van der Waals surface area contributed by atoms with E-state index in [0.29, 0.717) is 5.82 Å². The molecule has 112 valence electrons. The number of nitrogens with zero attached hydrogens (tertiary/aromatic N) is 3. The van der Waals surface area contributed by atoms with Gasteiger partial charge in [-0.15, -0.1) is 0 Å². The first-order chi connectivity index (χ1) is 9.93. The van der Waals surface area contributed by atoms with Crippen LogP contribution in [0.3, 0.4) is 0 Å². The highest BCUT2D eigenvalue weighted by Gasteiger charge is 2.18. The first-order valence-electron chi connectivity index (χ1n) is 6.52.